The van der Waals surface area contributed by atoms with Crippen LogP contribution in [0.1, 0.15) is 16.7 Å². The summed E-state index contributed by atoms with van der Waals surface area (Å²) in [5.74, 6) is 0. The van der Waals surface area contributed by atoms with E-state index in [2.05, 4.69) is 105 Å². The van der Waals surface area contributed by atoms with Gasteiger partial charge in [0.15, 0.2) is 0 Å². The van der Waals surface area contributed by atoms with E-state index in [1.165, 1.54) is 44.6 Å². The zero-order chi connectivity index (χ0) is 18.1. The van der Waals surface area contributed by atoms with Gasteiger partial charge in [0.25, 0.3) is 0 Å². The van der Waals surface area contributed by atoms with E-state index in [9.17, 15) is 0 Å². The Balaban J connectivity index is 1.88. The maximum atomic E-state index is 3.67. The number of aromatic nitrogens is 1. The van der Waals surface area contributed by atoms with Crippen molar-refractivity contribution in [2.45, 2.75) is 20.8 Å². The van der Waals surface area contributed by atoms with Gasteiger partial charge in [-0.2, -0.15) is 0 Å². The molecule has 0 unspecified atom stereocenters. The standard InChI is InChI=1S/C25H23N/c1-17-4-10-20(11-5-17)23-16-24(21-12-6-18(2)7-13-21)26-25(23)22-14-8-19(3)9-15-22/h4-16,26H,1-3H3. The molecule has 3 aromatic carbocycles. The first-order valence-corrected chi connectivity index (χ1v) is 9.04. The average Bonchev–Trinajstić information content (AvgIpc) is 3.09. The maximum Gasteiger partial charge on any atom is 0.0538 e. The molecule has 1 heteroatoms. The minimum absolute atomic E-state index is 1.15. The Morgan fingerprint density at radius 2 is 0.923 bits per heavy atom. The van der Waals surface area contributed by atoms with Crippen molar-refractivity contribution in [1.82, 2.24) is 4.98 Å². The van der Waals surface area contributed by atoms with Crippen molar-refractivity contribution < 1.29 is 0 Å². The number of nitrogens with one attached hydrogen (secondary N) is 1. The van der Waals surface area contributed by atoms with Gasteiger partial charge in [-0.25, -0.2) is 0 Å². The molecule has 0 aliphatic heterocycles. The Labute approximate surface area is 155 Å². The third-order valence-corrected chi connectivity index (χ3v) is 4.88. The van der Waals surface area contributed by atoms with E-state index in [1.807, 2.05) is 0 Å². The zero-order valence-corrected chi connectivity index (χ0v) is 15.5. The van der Waals surface area contributed by atoms with E-state index < -0.39 is 0 Å². The summed E-state index contributed by atoms with van der Waals surface area (Å²) in [5, 5.41) is 0. The van der Waals surface area contributed by atoms with E-state index in [0.717, 1.165) is 5.69 Å². The third kappa shape index (κ3) is 3.21. The van der Waals surface area contributed by atoms with Crippen LogP contribution in [0.3, 0.4) is 0 Å². The summed E-state index contributed by atoms with van der Waals surface area (Å²) in [7, 11) is 0. The molecule has 0 aliphatic rings. The first kappa shape index (κ1) is 16.4. The van der Waals surface area contributed by atoms with Crippen LogP contribution in [0.2, 0.25) is 0 Å². The van der Waals surface area contributed by atoms with Gasteiger partial charge in [0.2, 0.25) is 0 Å². The molecule has 26 heavy (non-hydrogen) atoms. The molecule has 0 spiro atoms. The maximum absolute atomic E-state index is 3.67. The van der Waals surface area contributed by atoms with Gasteiger partial charge in [-0.3, -0.25) is 0 Å². The van der Waals surface area contributed by atoms with E-state index in [1.54, 1.807) is 0 Å². The van der Waals surface area contributed by atoms with Crippen molar-refractivity contribution in [3.05, 3.63) is 95.6 Å². The lowest BCUT2D eigenvalue weighted by Gasteiger charge is -2.06. The number of hydrogen-bond acceptors (Lipinski definition) is 0. The Kier molecular flexibility index (Phi) is 4.22. The first-order chi connectivity index (χ1) is 12.6. The van der Waals surface area contributed by atoms with Gasteiger partial charge in [0.05, 0.1) is 5.69 Å². The van der Waals surface area contributed by atoms with Gasteiger partial charge in [0.1, 0.15) is 0 Å². The highest BCUT2D eigenvalue weighted by atomic mass is 14.7. The predicted molar refractivity (Wildman–Crippen MR) is 111 cm³/mol. The average molecular weight is 337 g/mol. The SMILES string of the molecule is Cc1ccc(-c2cc(-c3ccc(C)cc3)c(-c3ccc(C)cc3)[nH]2)cc1. The number of aryl methyl sites for hydroxylation is 3. The molecule has 0 radical (unpaired) electrons. The quantitative estimate of drug-likeness (QED) is 0.417. The molecular formula is C25H23N. The molecule has 0 atom stereocenters. The Morgan fingerprint density at radius 1 is 0.500 bits per heavy atom. The summed E-state index contributed by atoms with van der Waals surface area (Å²) in [6.45, 7) is 6.37. The zero-order valence-electron chi connectivity index (χ0n) is 15.5. The van der Waals surface area contributed by atoms with E-state index in [4.69, 9.17) is 0 Å². The van der Waals surface area contributed by atoms with Gasteiger partial charge in [-0.15, -0.1) is 0 Å². The van der Waals surface area contributed by atoms with Gasteiger partial charge in [-0.1, -0.05) is 89.5 Å². The summed E-state index contributed by atoms with van der Waals surface area (Å²) in [6.07, 6.45) is 0. The fourth-order valence-electron chi connectivity index (χ4n) is 3.25. The first-order valence-electron chi connectivity index (χ1n) is 9.04. The predicted octanol–water partition coefficient (Wildman–Crippen LogP) is 6.94. The molecule has 1 nitrogen and oxygen atoms in total. The van der Waals surface area contributed by atoms with Crippen molar-refractivity contribution in [3.63, 3.8) is 0 Å². The van der Waals surface area contributed by atoms with Crippen molar-refractivity contribution in [2.24, 2.45) is 0 Å². The normalized spacial score (nSPS) is 10.9. The Morgan fingerprint density at radius 3 is 1.42 bits per heavy atom. The van der Waals surface area contributed by atoms with Crippen LogP contribution in [0.25, 0.3) is 33.6 Å². The molecule has 0 aliphatic carbocycles. The summed E-state index contributed by atoms with van der Waals surface area (Å²) in [4.78, 5) is 3.67. The third-order valence-electron chi connectivity index (χ3n) is 4.88. The number of rotatable bonds is 3. The fraction of sp³-hybridized carbons (Fsp3) is 0.120. The van der Waals surface area contributed by atoms with E-state index in [-0.39, 0.29) is 0 Å². The van der Waals surface area contributed by atoms with Crippen LogP contribution in [-0.4, -0.2) is 4.98 Å². The van der Waals surface area contributed by atoms with Crippen LogP contribution in [0.15, 0.2) is 78.9 Å². The van der Waals surface area contributed by atoms with Crippen molar-refractivity contribution in [1.29, 1.82) is 0 Å². The number of H-pyrrole nitrogens is 1. The molecule has 4 rings (SSSR count). The monoisotopic (exact) mass is 337 g/mol. The number of aromatic amines is 1. The molecule has 0 saturated carbocycles. The van der Waals surface area contributed by atoms with E-state index >= 15 is 0 Å². The molecule has 0 fully saturated rings. The van der Waals surface area contributed by atoms with Crippen molar-refractivity contribution in [2.75, 3.05) is 0 Å². The summed E-state index contributed by atoms with van der Waals surface area (Å²) < 4.78 is 0. The summed E-state index contributed by atoms with van der Waals surface area (Å²) in [5.41, 5.74) is 11.0. The second-order valence-corrected chi connectivity index (χ2v) is 7.07. The van der Waals surface area contributed by atoms with Gasteiger partial charge >= 0.3 is 0 Å². The molecule has 4 aromatic rings. The topological polar surface area (TPSA) is 15.8 Å². The number of hydrogen-bond donors (Lipinski definition) is 1. The summed E-state index contributed by atoms with van der Waals surface area (Å²) >= 11 is 0. The highest BCUT2D eigenvalue weighted by molar-refractivity contribution is 5.86. The van der Waals surface area contributed by atoms with Crippen LogP contribution < -0.4 is 0 Å². The number of benzene rings is 3. The highest BCUT2D eigenvalue weighted by Crippen LogP contribution is 2.36. The Hall–Kier alpha value is -3.06. The van der Waals surface area contributed by atoms with Crippen LogP contribution in [-0.2, 0) is 0 Å². The minimum Gasteiger partial charge on any atom is -0.354 e. The van der Waals surface area contributed by atoms with Gasteiger partial charge < -0.3 is 4.98 Å². The lowest BCUT2D eigenvalue weighted by Crippen LogP contribution is -1.84. The second kappa shape index (κ2) is 6.68. The van der Waals surface area contributed by atoms with Crippen molar-refractivity contribution in [3.8, 4) is 33.6 Å². The molecule has 1 heterocycles. The molecule has 0 bridgehead atoms. The highest BCUT2D eigenvalue weighted by Gasteiger charge is 2.13. The molecule has 0 saturated heterocycles. The summed E-state index contributed by atoms with van der Waals surface area (Å²) in [6, 6.07) is 28.4. The lowest BCUT2D eigenvalue weighted by atomic mass is 9.99. The molecule has 1 N–H and O–H groups in total. The second-order valence-electron chi connectivity index (χ2n) is 7.07. The molecular weight excluding hydrogens is 314 g/mol. The fourth-order valence-corrected chi connectivity index (χ4v) is 3.25. The van der Waals surface area contributed by atoms with Crippen LogP contribution in [0.4, 0.5) is 0 Å². The minimum atomic E-state index is 1.15. The van der Waals surface area contributed by atoms with Crippen LogP contribution in [0, 0.1) is 20.8 Å². The van der Waals surface area contributed by atoms with Crippen LogP contribution >= 0.6 is 0 Å². The molecule has 128 valence electrons. The van der Waals surface area contributed by atoms with Gasteiger partial charge in [0, 0.05) is 11.3 Å². The lowest BCUT2D eigenvalue weighted by molar-refractivity contribution is 1.37. The molecule has 0 amide bonds. The van der Waals surface area contributed by atoms with E-state index in [0.29, 0.717) is 0 Å². The van der Waals surface area contributed by atoms with Crippen molar-refractivity contribution >= 4 is 0 Å². The van der Waals surface area contributed by atoms with Crippen LogP contribution in [0.5, 0.6) is 0 Å². The van der Waals surface area contributed by atoms with Gasteiger partial charge in [-0.05, 0) is 43.5 Å². The smallest absolute Gasteiger partial charge is 0.0538 e. The Bertz CT molecular complexity index is 954. The largest absolute Gasteiger partial charge is 0.354 e. The molecule has 1 aromatic heterocycles.